The van der Waals surface area contributed by atoms with Gasteiger partial charge in [0, 0.05) is 32.6 Å². The summed E-state index contributed by atoms with van der Waals surface area (Å²) in [6.07, 6.45) is 6.32. The van der Waals surface area contributed by atoms with E-state index in [1.54, 1.807) is 4.90 Å². The van der Waals surface area contributed by atoms with Gasteiger partial charge in [0.15, 0.2) is 0 Å². The molecule has 124 valence electrons. The summed E-state index contributed by atoms with van der Waals surface area (Å²) in [5.74, 6) is -0.312. The molecule has 1 aliphatic heterocycles. The molecule has 0 unspecified atom stereocenters. The number of nitrogens with zero attached hydrogens (tertiary/aromatic N) is 2. The number of nitrogens with one attached hydrogen (secondary N) is 1. The Bertz CT molecular complexity index is 413. The van der Waals surface area contributed by atoms with Crippen LogP contribution in [0, 0.1) is 5.92 Å². The molecule has 0 atom stereocenters. The summed E-state index contributed by atoms with van der Waals surface area (Å²) in [5.41, 5.74) is 1.46. The van der Waals surface area contributed by atoms with Crippen LogP contribution in [0.15, 0.2) is 0 Å². The fraction of sp³-hybridized carbons (Fsp3) is 0.800. The Hall–Kier alpha value is -1.63. The fourth-order valence-electron chi connectivity index (χ4n) is 3.26. The van der Waals surface area contributed by atoms with Crippen molar-refractivity contribution in [2.24, 2.45) is 5.92 Å². The molecule has 2 aliphatic rings. The predicted octanol–water partition coefficient (Wildman–Crippen LogP) is 0.523. The van der Waals surface area contributed by atoms with E-state index in [-0.39, 0.29) is 18.2 Å². The standard InChI is InChI=1S/C15H25N3O4/c19-13(16-22)11-15(21)18-8-6-17(7-9-18)14(20)10-12-4-2-1-3-5-12/h12,22H,1-11H2,(H,16,19). The van der Waals surface area contributed by atoms with E-state index in [0.29, 0.717) is 38.5 Å². The van der Waals surface area contributed by atoms with Gasteiger partial charge in [-0.2, -0.15) is 0 Å². The van der Waals surface area contributed by atoms with E-state index < -0.39 is 5.91 Å². The Kier molecular flexibility index (Phi) is 6.18. The van der Waals surface area contributed by atoms with Crippen molar-refractivity contribution in [3.63, 3.8) is 0 Å². The first-order chi connectivity index (χ1) is 10.6. The van der Waals surface area contributed by atoms with Crippen molar-refractivity contribution in [1.29, 1.82) is 0 Å². The highest BCUT2D eigenvalue weighted by atomic mass is 16.5. The number of hydroxylamine groups is 1. The molecular weight excluding hydrogens is 286 g/mol. The molecule has 0 bridgehead atoms. The van der Waals surface area contributed by atoms with Gasteiger partial charge in [-0.3, -0.25) is 19.6 Å². The molecule has 0 aromatic carbocycles. The van der Waals surface area contributed by atoms with Crippen LogP contribution < -0.4 is 5.48 Å². The summed E-state index contributed by atoms with van der Waals surface area (Å²) in [5, 5.41) is 8.43. The first kappa shape index (κ1) is 16.7. The van der Waals surface area contributed by atoms with Crippen LogP contribution in [0.3, 0.4) is 0 Å². The fourth-order valence-corrected chi connectivity index (χ4v) is 3.26. The van der Waals surface area contributed by atoms with Gasteiger partial charge in [-0.05, 0) is 18.8 Å². The molecule has 2 rings (SSSR count). The lowest BCUT2D eigenvalue weighted by atomic mass is 9.86. The second-order valence-electron chi connectivity index (χ2n) is 6.18. The SMILES string of the molecule is O=C(CC(=O)N1CCN(C(=O)CC2CCCCC2)CC1)NO. The van der Waals surface area contributed by atoms with Crippen molar-refractivity contribution < 1.29 is 19.6 Å². The molecule has 3 amide bonds. The first-order valence-corrected chi connectivity index (χ1v) is 8.08. The van der Waals surface area contributed by atoms with Crippen molar-refractivity contribution in [1.82, 2.24) is 15.3 Å². The molecule has 0 aromatic rings. The molecule has 7 nitrogen and oxygen atoms in total. The number of hydrogen-bond donors (Lipinski definition) is 2. The second kappa shape index (κ2) is 8.12. The van der Waals surface area contributed by atoms with E-state index in [1.165, 1.54) is 24.7 Å². The number of piperazine rings is 1. The molecule has 0 spiro atoms. The summed E-state index contributed by atoms with van der Waals surface area (Å²) in [6, 6.07) is 0. The smallest absolute Gasteiger partial charge is 0.252 e. The van der Waals surface area contributed by atoms with E-state index in [9.17, 15) is 14.4 Å². The highest BCUT2D eigenvalue weighted by Gasteiger charge is 2.26. The summed E-state index contributed by atoms with van der Waals surface area (Å²) in [7, 11) is 0. The largest absolute Gasteiger partial charge is 0.339 e. The van der Waals surface area contributed by atoms with E-state index in [2.05, 4.69) is 0 Å². The third-order valence-electron chi connectivity index (χ3n) is 4.61. The molecule has 0 radical (unpaired) electrons. The van der Waals surface area contributed by atoms with Crippen LogP contribution in [0.25, 0.3) is 0 Å². The summed E-state index contributed by atoms with van der Waals surface area (Å²) in [6.45, 7) is 1.96. The van der Waals surface area contributed by atoms with Gasteiger partial charge in [0.05, 0.1) is 0 Å². The molecule has 1 aliphatic carbocycles. The Labute approximate surface area is 130 Å². The van der Waals surface area contributed by atoms with E-state index in [0.717, 1.165) is 12.8 Å². The van der Waals surface area contributed by atoms with Gasteiger partial charge in [-0.25, -0.2) is 5.48 Å². The van der Waals surface area contributed by atoms with Gasteiger partial charge in [0.1, 0.15) is 6.42 Å². The van der Waals surface area contributed by atoms with Gasteiger partial charge in [0.25, 0.3) is 5.91 Å². The third kappa shape index (κ3) is 4.69. The van der Waals surface area contributed by atoms with Gasteiger partial charge < -0.3 is 9.80 Å². The Morgan fingerprint density at radius 2 is 1.45 bits per heavy atom. The summed E-state index contributed by atoms with van der Waals surface area (Å²) >= 11 is 0. The minimum absolute atomic E-state index is 0.187. The average molecular weight is 311 g/mol. The van der Waals surface area contributed by atoms with Gasteiger partial charge in [-0.15, -0.1) is 0 Å². The molecule has 7 heteroatoms. The van der Waals surface area contributed by atoms with Gasteiger partial charge in [-0.1, -0.05) is 19.3 Å². The number of amides is 3. The van der Waals surface area contributed by atoms with Crippen LogP contribution in [0.5, 0.6) is 0 Å². The Morgan fingerprint density at radius 1 is 0.909 bits per heavy atom. The molecule has 1 heterocycles. The molecule has 1 saturated carbocycles. The maximum absolute atomic E-state index is 12.3. The van der Waals surface area contributed by atoms with E-state index >= 15 is 0 Å². The number of carbonyl (C=O) groups excluding carboxylic acids is 3. The lowest BCUT2D eigenvalue weighted by Crippen LogP contribution is -2.51. The van der Waals surface area contributed by atoms with Crippen LogP contribution in [0.4, 0.5) is 0 Å². The first-order valence-electron chi connectivity index (χ1n) is 8.08. The van der Waals surface area contributed by atoms with E-state index in [4.69, 9.17) is 5.21 Å². The van der Waals surface area contributed by atoms with Crippen molar-refractivity contribution in [3.8, 4) is 0 Å². The van der Waals surface area contributed by atoms with E-state index in [1.807, 2.05) is 4.90 Å². The van der Waals surface area contributed by atoms with Crippen LogP contribution >= 0.6 is 0 Å². The minimum atomic E-state index is -0.708. The minimum Gasteiger partial charge on any atom is -0.339 e. The average Bonchev–Trinajstić information content (AvgIpc) is 2.55. The zero-order valence-corrected chi connectivity index (χ0v) is 12.9. The number of rotatable bonds is 4. The van der Waals surface area contributed by atoms with Crippen molar-refractivity contribution in [3.05, 3.63) is 0 Å². The second-order valence-corrected chi connectivity index (χ2v) is 6.18. The van der Waals surface area contributed by atoms with Crippen molar-refractivity contribution in [2.75, 3.05) is 26.2 Å². The predicted molar refractivity (Wildman–Crippen MR) is 78.9 cm³/mol. The molecule has 2 N–H and O–H groups in total. The third-order valence-corrected chi connectivity index (χ3v) is 4.61. The number of hydrogen-bond acceptors (Lipinski definition) is 4. The maximum atomic E-state index is 12.3. The van der Waals surface area contributed by atoms with Crippen LogP contribution in [0.2, 0.25) is 0 Å². The zero-order valence-electron chi connectivity index (χ0n) is 12.9. The van der Waals surface area contributed by atoms with Crippen molar-refractivity contribution in [2.45, 2.75) is 44.9 Å². The van der Waals surface area contributed by atoms with Crippen LogP contribution in [-0.2, 0) is 14.4 Å². The number of carbonyl (C=O) groups is 3. The lowest BCUT2D eigenvalue weighted by Gasteiger charge is -2.35. The van der Waals surface area contributed by atoms with Crippen molar-refractivity contribution >= 4 is 17.7 Å². The van der Waals surface area contributed by atoms with Gasteiger partial charge >= 0.3 is 0 Å². The molecule has 0 aromatic heterocycles. The normalized spacial score (nSPS) is 19.9. The van der Waals surface area contributed by atoms with Crippen LogP contribution in [0.1, 0.15) is 44.9 Å². The summed E-state index contributed by atoms with van der Waals surface area (Å²) < 4.78 is 0. The highest BCUT2D eigenvalue weighted by molar-refractivity contribution is 5.96. The van der Waals surface area contributed by atoms with Crippen LogP contribution in [-0.4, -0.2) is 58.9 Å². The highest BCUT2D eigenvalue weighted by Crippen LogP contribution is 2.27. The monoisotopic (exact) mass is 311 g/mol. The molecule has 2 fully saturated rings. The molecule has 22 heavy (non-hydrogen) atoms. The summed E-state index contributed by atoms with van der Waals surface area (Å²) in [4.78, 5) is 38.5. The molecular formula is C15H25N3O4. The lowest BCUT2D eigenvalue weighted by molar-refractivity contribution is -0.144. The molecule has 1 saturated heterocycles. The van der Waals surface area contributed by atoms with Gasteiger partial charge in [0.2, 0.25) is 11.8 Å². The topological polar surface area (TPSA) is 90.0 Å². The maximum Gasteiger partial charge on any atom is 0.252 e. The quantitative estimate of drug-likeness (QED) is 0.450. The Balaban J connectivity index is 1.72. The Morgan fingerprint density at radius 3 is 2.00 bits per heavy atom. The zero-order chi connectivity index (χ0) is 15.9.